The van der Waals surface area contributed by atoms with Crippen LogP contribution in [0.2, 0.25) is 0 Å². The zero-order chi connectivity index (χ0) is 14.2. The first-order valence-corrected chi connectivity index (χ1v) is 6.76. The molecule has 1 heterocycles. The number of phenolic OH excluding ortho intramolecular Hbond substituents is 1. The van der Waals surface area contributed by atoms with Crippen molar-refractivity contribution in [2.75, 3.05) is 0 Å². The molecule has 1 aliphatic rings. The summed E-state index contributed by atoms with van der Waals surface area (Å²) >= 11 is 0. The Labute approximate surface area is 114 Å². The first-order valence-electron chi connectivity index (χ1n) is 6.76. The molecule has 0 bridgehead atoms. The standard InChI is InChI=1S/C15H22N2O2/c1-9(2)14-10(3)17(14)13(15(16)19)8-11-4-6-12(18)7-5-11/h4-7,9-10,13-14,18H,8H2,1-3H3,(H2,16,19). The topological polar surface area (TPSA) is 66.3 Å². The quantitative estimate of drug-likeness (QED) is 0.791. The zero-order valence-electron chi connectivity index (χ0n) is 11.7. The molecule has 19 heavy (non-hydrogen) atoms. The smallest absolute Gasteiger partial charge is 0.235 e. The molecule has 4 heteroatoms. The number of hydrogen-bond acceptors (Lipinski definition) is 3. The van der Waals surface area contributed by atoms with Crippen LogP contribution in [0.15, 0.2) is 24.3 Å². The molecule has 0 aliphatic carbocycles. The van der Waals surface area contributed by atoms with E-state index in [4.69, 9.17) is 5.73 Å². The predicted octanol–water partition coefficient (Wildman–Crippen LogP) is 1.52. The molecular weight excluding hydrogens is 240 g/mol. The van der Waals surface area contributed by atoms with E-state index in [1.807, 2.05) is 12.1 Å². The molecule has 104 valence electrons. The van der Waals surface area contributed by atoms with Crippen molar-refractivity contribution in [1.29, 1.82) is 0 Å². The molecule has 1 aromatic rings. The largest absolute Gasteiger partial charge is 0.508 e. The summed E-state index contributed by atoms with van der Waals surface area (Å²) in [6, 6.07) is 7.54. The molecule has 1 amide bonds. The second-order valence-electron chi connectivity index (χ2n) is 5.71. The molecule has 0 radical (unpaired) electrons. The number of nitrogens with zero attached hydrogens (tertiary/aromatic N) is 1. The highest BCUT2D eigenvalue weighted by Crippen LogP contribution is 2.37. The first kappa shape index (κ1) is 13.9. The van der Waals surface area contributed by atoms with Crippen molar-refractivity contribution in [3.05, 3.63) is 29.8 Å². The molecule has 1 saturated heterocycles. The van der Waals surface area contributed by atoms with E-state index in [2.05, 4.69) is 25.7 Å². The summed E-state index contributed by atoms with van der Waals surface area (Å²) in [7, 11) is 0. The molecule has 0 spiro atoms. The van der Waals surface area contributed by atoms with Crippen LogP contribution < -0.4 is 5.73 Å². The number of phenols is 1. The normalized spacial score (nSPS) is 27.3. The number of benzene rings is 1. The summed E-state index contributed by atoms with van der Waals surface area (Å²) in [6.45, 7) is 6.47. The van der Waals surface area contributed by atoms with Crippen LogP contribution in [0, 0.1) is 5.92 Å². The zero-order valence-corrected chi connectivity index (χ0v) is 11.7. The van der Waals surface area contributed by atoms with Crippen LogP contribution in [-0.4, -0.2) is 34.0 Å². The van der Waals surface area contributed by atoms with Crippen molar-refractivity contribution >= 4 is 5.91 Å². The monoisotopic (exact) mass is 262 g/mol. The second kappa shape index (κ2) is 5.21. The third kappa shape index (κ3) is 2.89. The van der Waals surface area contributed by atoms with Crippen molar-refractivity contribution in [2.24, 2.45) is 11.7 Å². The Kier molecular flexibility index (Phi) is 3.80. The summed E-state index contributed by atoms with van der Waals surface area (Å²) in [4.78, 5) is 13.9. The Hall–Kier alpha value is -1.55. The fraction of sp³-hybridized carbons (Fsp3) is 0.533. The number of rotatable bonds is 5. The lowest BCUT2D eigenvalue weighted by Gasteiger charge is -2.17. The summed E-state index contributed by atoms with van der Waals surface area (Å²) < 4.78 is 0. The number of hydrogen-bond donors (Lipinski definition) is 2. The Morgan fingerprint density at radius 3 is 2.37 bits per heavy atom. The van der Waals surface area contributed by atoms with Crippen molar-refractivity contribution < 1.29 is 9.90 Å². The van der Waals surface area contributed by atoms with Crippen LogP contribution in [0.1, 0.15) is 26.3 Å². The number of amides is 1. The summed E-state index contributed by atoms with van der Waals surface area (Å²) in [5.41, 5.74) is 6.57. The van der Waals surface area contributed by atoms with E-state index < -0.39 is 0 Å². The Balaban J connectivity index is 2.10. The van der Waals surface area contributed by atoms with Crippen LogP contribution in [0.4, 0.5) is 0 Å². The lowest BCUT2D eigenvalue weighted by molar-refractivity contribution is -0.121. The molecule has 4 unspecified atom stereocenters. The van der Waals surface area contributed by atoms with E-state index in [9.17, 15) is 9.90 Å². The van der Waals surface area contributed by atoms with Crippen LogP contribution in [-0.2, 0) is 11.2 Å². The van der Waals surface area contributed by atoms with Crippen molar-refractivity contribution in [3.63, 3.8) is 0 Å². The molecule has 2 rings (SSSR count). The minimum absolute atomic E-state index is 0.236. The van der Waals surface area contributed by atoms with Gasteiger partial charge in [0, 0.05) is 12.1 Å². The minimum atomic E-state index is -0.275. The molecule has 3 N–H and O–H groups in total. The summed E-state index contributed by atoms with van der Waals surface area (Å²) in [5.74, 6) is 0.485. The van der Waals surface area contributed by atoms with E-state index in [0.29, 0.717) is 24.4 Å². The van der Waals surface area contributed by atoms with Gasteiger partial charge in [-0.25, -0.2) is 0 Å². The van der Waals surface area contributed by atoms with Gasteiger partial charge in [0.25, 0.3) is 0 Å². The molecule has 0 aromatic heterocycles. The maximum atomic E-state index is 11.7. The van der Waals surface area contributed by atoms with Crippen molar-refractivity contribution in [3.8, 4) is 5.75 Å². The molecule has 1 aliphatic heterocycles. The summed E-state index contributed by atoms with van der Waals surface area (Å²) in [5, 5.41) is 9.28. The second-order valence-corrected chi connectivity index (χ2v) is 5.71. The average molecular weight is 262 g/mol. The van der Waals surface area contributed by atoms with Crippen LogP contribution >= 0.6 is 0 Å². The van der Waals surface area contributed by atoms with Crippen molar-refractivity contribution in [1.82, 2.24) is 4.90 Å². The molecule has 1 aromatic carbocycles. The van der Waals surface area contributed by atoms with Gasteiger partial charge in [0.2, 0.25) is 5.91 Å². The van der Waals surface area contributed by atoms with E-state index in [1.165, 1.54) is 0 Å². The van der Waals surface area contributed by atoms with Crippen molar-refractivity contribution in [2.45, 2.75) is 45.3 Å². The molecule has 0 saturated carbocycles. The highest BCUT2D eigenvalue weighted by Gasteiger charge is 2.50. The van der Waals surface area contributed by atoms with Crippen LogP contribution in [0.25, 0.3) is 0 Å². The lowest BCUT2D eigenvalue weighted by atomic mass is 10.0. The van der Waals surface area contributed by atoms with Gasteiger partial charge < -0.3 is 10.8 Å². The Morgan fingerprint density at radius 1 is 1.37 bits per heavy atom. The average Bonchev–Trinajstić information content (AvgIpc) is 2.99. The molecule has 4 atom stereocenters. The minimum Gasteiger partial charge on any atom is -0.508 e. The summed E-state index contributed by atoms with van der Waals surface area (Å²) in [6.07, 6.45) is 0.600. The Bertz CT molecular complexity index is 456. The van der Waals surface area contributed by atoms with Gasteiger partial charge in [0.1, 0.15) is 5.75 Å². The van der Waals surface area contributed by atoms with Gasteiger partial charge in [-0.2, -0.15) is 0 Å². The number of nitrogens with two attached hydrogens (primary N) is 1. The van der Waals surface area contributed by atoms with E-state index in [0.717, 1.165) is 5.56 Å². The lowest BCUT2D eigenvalue weighted by Crippen LogP contribution is -2.38. The van der Waals surface area contributed by atoms with Gasteiger partial charge in [-0.1, -0.05) is 26.0 Å². The maximum absolute atomic E-state index is 11.7. The van der Waals surface area contributed by atoms with E-state index in [-0.39, 0.29) is 17.7 Å². The predicted molar refractivity (Wildman–Crippen MR) is 74.7 cm³/mol. The number of aromatic hydroxyl groups is 1. The SMILES string of the molecule is CC(C)C1C(C)N1C(Cc1ccc(O)cc1)C(N)=O. The maximum Gasteiger partial charge on any atom is 0.235 e. The van der Waals surface area contributed by atoms with Gasteiger partial charge >= 0.3 is 0 Å². The van der Waals surface area contributed by atoms with Gasteiger partial charge in [0.05, 0.1) is 6.04 Å². The molecule has 4 nitrogen and oxygen atoms in total. The number of carbonyl (C=O) groups excluding carboxylic acids is 1. The van der Waals surface area contributed by atoms with Gasteiger partial charge in [-0.05, 0) is 37.0 Å². The van der Waals surface area contributed by atoms with Gasteiger partial charge in [-0.15, -0.1) is 0 Å². The fourth-order valence-corrected chi connectivity index (χ4v) is 3.00. The number of primary amides is 1. The van der Waals surface area contributed by atoms with E-state index >= 15 is 0 Å². The highest BCUT2D eigenvalue weighted by molar-refractivity contribution is 5.80. The van der Waals surface area contributed by atoms with Gasteiger partial charge in [-0.3, -0.25) is 9.69 Å². The highest BCUT2D eigenvalue weighted by atomic mass is 16.3. The Morgan fingerprint density at radius 2 is 1.95 bits per heavy atom. The molecular formula is C15H22N2O2. The van der Waals surface area contributed by atoms with Crippen LogP contribution in [0.5, 0.6) is 5.75 Å². The third-order valence-electron chi connectivity index (χ3n) is 3.96. The number of carbonyl (C=O) groups is 1. The van der Waals surface area contributed by atoms with Gasteiger partial charge in [0.15, 0.2) is 0 Å². The molecule has 1 fully saturated rings. The third-order valence-corrected chi connectivity index (χ3v) is 3.96. The van der Waals surface area contributed by atoms with Crippen LogP contribution in [0.3, 0.4) is 0 Å². The van der Waals surface area contributed by atoms with E-state index in [1.54, 1.807) is 12.1 Å². The fourth-order valence-electron chi connectivity index (χ4n) is 3.00. The first-order chi connectivity index (χ1) is 8.91.